The standard InChI is InChI=1S/C26H43N3O4/c1-9-11-16-29(24(31)20(5)28-25(32)33-26(6,7)8)22(21-15-12-14-18(3)17-21)23(30)27-19(4)13-10-2/h12,14-15,17,19-20,22H,9-11,13,16H2,1-8H3,(H,27,30)(H,28,32). The highest BCUT2D eigenvalue weighted by Gasteiger charge is 2.34. The first-order chi connectivity index (χ1) is 15.4. The zero-order valence-electron chi connectivity index (χ0n) is 21.7. The van der Waals surface area contributed by atoms with Crippen LogP contribution in [-0.2, 0) is 14.3 Å². The van der Waals surface area contributed by atoms with Gasteiger partial charge >= 0.3 is 6.09 Å². The van der Waals surface area contributed by atoms with Gasteiger partial charge in [0.25, 0.3) is 0 Å². The third-order valence-electron chi connectivity index (χ3n) is 5.17. The average Bonchev–Trinajstić information content (AvgIpc) is 2.68. The van der Waals surface area contributed by atoms with Crippen LogP contribution < -0.4 is 10.6 Å². The molecular formula is C26H43N3O4. The molecule has 1 aromatic carbocycles. The van der Waals surface area contributed by atoms with E-state index in [0.29, 0.717) is 6.54 Å². The van der Waals surface area contributed by atoms with E-state index >= 15 is 0 Å². The Morgan fingerprint density at radius 2 is 1.73 bits per heavy atom. The Morgan fingerprint density at radius 3 is 2.27 bits per heavy atom. The molecule has 7 heteroatoms. The highest BCUT2D eigenvalue weighted by atomic mass is 16.6. The molecule has 3 unspecified atom stereocenters. The first-order valence-corrected chi connectivity index (χ1v) is 12.1. The first-order valence-electron chi connectivity index (χ1n) is 12.1. The number of alkyl carbamates (subject to hydrolysis) is 1. The SMILES string of the molecule is CCCCN(C(=O)C(C)NC(=O)OC(C)(C)C)C(C(=O)NC(C)CCC)c1cccc(C)c1. The fourth-order valence-corrected chi connectivity index (χ4v) is 3.63. The van der Waals surface area contributed by atoms with Crippen molar-refractivity contribution < 1.29 is 19.1 Å². The molecule has 0 saturated carbocycles. The van der Waals surface area contributed by atoms with E-state index in [1.807, 2.05) is 45.0 Å². The summed E-state index contributed by atoms with van der Waals surface area (Å²) in [5, 5.41) is 5.70. The molecule has 0 aliphatic carbocycles. The molecule has 0 radical (unpaired) electrons. The Bertz CT molecular complexity index is 788. The summed E-state index contributed by atoms with van der Waals surface area (Å²) in [4.78, 5) is 40.9. The molecule has 0 aromatic heterocycles. The van der Waals surface area contributed by atoms with Gasteiger partial charge in [-0.2, -0.15) is 0 Å². The highest BCUT2D eigenvalue weighted by molar-refractivity contribution is 5.92. The van der Waals surface area contributed by atoms with Crippen LogP contribution in [0, 0.1) is 6.92 Å². The third-order valence-corrected chi connectivity index (χ3v) is 5.17. The number of nitrogens with zero attached hydrogens (tertiary/aromatic N) is 1. The van der Waals surface area contributed by atoms with Crippen molar-refractivity contribution in [1.29, 1.82) is 0 Å². The van der Waals surface area contributed by atoms with E-state index in [4.69, 9.17) is 4.74 Å². The van der Waals surface area contributed by atoms with Crippen molar-refractivity contribution in [3.8, 4) is 0 Å². The minimum absolute atomic E-state index is 0.00440. The lowest BCUT2D eigenvalue weighted by Crippen LogP contribution is -2.52. The number of nitrogens with one attached hydrogen (secondary N) is 2. The van der Waals surface area contributed by atoms with Gasteiger partial charge < -0.3 is 20.3 Å². The second-order valence-electron chi connectivity index (χ2n) is 9.77. The van der Waals surface area contributed by atoms with E-state index in [1.54, 1.807) is 32.6 Å². The normalized spacial score (nSPS) is 14.1. The molecule has 0 aliphatic rings. The maximum atomic E-state index is 13.5. The molecule has 0 heterocycles. The molecule has 33 heavy (non-hydrogen) atoms. The lowest BCUT2D eigenvalue weighted by Gasteiger charge is -2.34. The molecule has 1 aromatic rings. The zero-order valence-corrected chi connectivity index (χ0v) is 21.7. The van der Waals surface area contributed by atoms with Crippen LogP contribution in [0.2, 0.25) is 0 Å². The van der Waals surface area contributed by atoms with Crippen LogP contribution in [0.5, 0.6) is 0 Å². The smallest absolute Gasteiger partial charge is 0.408 e. The third kappa shape index (κ3) is 9.84. The van der Waals surface area contributed by atoms with Gasteiger partial charge in [0.1, 0.15) is 17.7 Å². The van der Waals surface area contributed by atoms with E-state index in [0.717, 1.165) is 36.8 Å². The predicted molar refractivity (Wildman–Crippen MR) is 132 cm³/mol. The fourth-order valence-electron chi connectivity index (χ4n) is 3.63. The van der Waals surface area contributed by atoms with Gasteiger partial charge in [-0.3, -0.25) is 9.59 Å². The summed E-state index contributed by atoms with van der Waals surface area (Å²) in [6.07, 6.45) is 2.75. The lowest BCUT2D eigenvalue weighted by molar-refractivity contribution is -0.142. The molecule has 3 amide bonds. The number of rotatable bonds is 11. The molecule has 0 bridgehead atoms. The molecule has 0 saturated heterocycles. The molecule has 1 rings (SSSR count). The summed E-state index contributed by atoms with van der Waals surface area (Å²) in [5.41, 5.74) is 1.09. The van der Waals surface area contributed by atoms with Crippen LogP contribution in [0.25, 0.3) is 0 Å². The van der Waals surface area contributed by atoms with Crippen molar-refractivity contribution in [2.45, 2.75) is 105 Å². The van der Waals surface area contributed by atoms with Crippen LogP contribution >= 0.6 is 0 Å². The monoisotopic (exact) mass is 461 g/mol. The molecule has 7 nitrogen and oxygen atoms in total. The van der Waals surface area contributed by atoms with E-state index in [1.165, 1.54) is 0 Å². The van der Waals surface area contributed by atoms with E-state index in [9.17, 15) is 14.4 Å². The quantitative estimate of drug-likeness (QED) is 0.491. The van der Waals surface area contributed by atoms with Gasteiger partial charge in [-0.05, 0) is 59.9 Å². The molecule has 0 fully saturated rings. The predicted octanol–water partition coefficient (Wildman–Crippen LogP) is 4.88. The maximum absolute atomic E-state index is 13.5. The summed E-state index contributed by atoms with van der Waals surface area (Å²) < 4.78 is 5.31. The second kappa shape index (κ2) is 13.2. The summed E-state index contributed by atoms with van der Waals surface area (Å²) in [6, 6.07) is 6.03. The van der Waals surface area contributed by atoms with Crippen molar-refractivity contribution in [2.75, 3.05) is 6.54 Å². The number of carbonyl (C=O) groups excluding carboxylic acids is 3. The van der Waals surface area contributed by atoms with Crippen LogP contribution in [-0.4, -0.2) is 47.0 Å². The number of amides is 3. The molecule has 186 valence electrons. The molecule has 2 N–H and O–H groups in total. The van der Waals surface area contributed by atoms with Crippen molar-refractivity contribution in [2.24, 2.45) is 0 Å². The number of ether oxygens (including phenoxy) is 1. The number of aryl methyl sites for hydroxylation is 1. The van der Waals surface area contributed by atoms with Crippen LogP contribution in [0.15, 0.2) is 24.3 Å². The molecule has 3 atom stereocenters. The lowest BCUT2D eigenvalue weighted by atomic mass is 10.00. The zero-order chi connectivity index (χ0) is 25.2. The minimum atomic E-state index is -0.843. The number of hydrogen-bond acceptors (Lipinski definition) is 4. The van der Waals surface area contributed by atoms with Crippen LogP contribution in [0.3, 0.4) is 0 Å². The summed E-state index contributed by atoms with van der Waals surface area (Å²) in [7, 11) is 0. The van der Waals surface area contributed by atoms with Crippen LogP contribution in [0.1, 0.15) is 91.3 Å². The average molecular weight is 462 g/mol. The van der Waals surface area contributed by atoms with Crippen LogP contribution in [0.4, 0.5) is 4.79 Å². The van der Waals surface area contributed by atoms with Gasteiger partial charge in [-0.15, -0.1) is 0 Å². The molecular weight excluding hydrogens is 418 g/mol. The molecule has 0 aliphatic heterocycles. The van der Waals surface area contributed by atoms with Gasteiger partial charge in [0, 0.05) is 12.6 Å². The van der Waals surface area contributed by atoms with Gasteiger partial charge in [0.05, 0.1) is 0 Å². The van der Waals surface area contributed by atoms with Crippen molar-refractivity contribution in [1.82, 2.24) is 15.5 Å². The number of unbranched alkanes of at least 4 members (excludes halogenated alkanes) is 1. The van der Waals surface area contributed by atoms with Crippen molar-refractivity contribution in [3.05, 3.63) is 35.4 Å². The minimum Gasteiger partial charge on any atom is -0.444 e. The van der Waals surface area contributed by atoms with Gasteiger partial charge in [0.2, 0.25) is 11.8 Å². The maximum Gasteiger partial charge on any atom is 0.408 e. The van der Waals surface area contributed by atoms with E-state index < -0.39 is 23.8 Å². The van der Waals surface area contributed by atoms with Crippen molar-refractivity contribution >= 4 is 17.9 Å². The number of carbonyl (C=O) groups is 3. The van der Waals surface area contributed by atoms with Crippen molar-refractivity contribution in [3.63, 3.8) is 0 Å². The summed E-state index contributed by atoms with van der Waals surface area (Å²) in [6.45, 7) is 15.4. The second-order valence-corrected chi connectivity index (χ2v) is 9.77. The Kier molecular flexibility index (Phi) is 11.4. The summed E-state index contributed by atoms with van der Waals surface area (Å²) >= 11 is 0. The number of benzene rings is 1. The Labute approximate surface area is 199 Å². The topological polar surface area (TPSA) is 87.7 Å². The summed E-state index contributed by atoms with van der Waals surface area (Å²) in [5.74, 6) is -0.533. The van der Waals surface area contributed by atoms with Gasteiger partial charge in [-0.1, -0.05) is 56.5 Å². The first kappa shape index (κ1) is 28.5. The van der Waals surface area contributed by atoms with Gasteiger partial charge in [-0.25, -0.2) is 4.79 Å². The Morgan fingerprint density at radius 1 is 1.06 bits per heavy atom. The van der Waals surface area contributed by atoms with E-state index in [-0.39, 0.29) is 17.9 Å². The highest BCUT2D eigenvalue weighted by Crippen LogP contribution is 2.24. The molecule has 0 spiro atoms. The fraction of sp³-hybridized carbons (Fsp3) is 0.654. The Balaban J connectivity index is 3.28. The largest absolute Gasteiger partial charge is 0.444 e. The van der Waals surface area contributed by atoms with E-state index in [2.05, 4.69) is 17.6 Å². The number of hydrogen-bond donors (Lipinski definition) is 2. The van der Waals surface area contributed by atoms with Gasteiger partial charge in [0.15, 0.2) is 0 Å². The Hall–Kier alpha value is -2.57.